The lowest BCUT2D eigenvalue weighted by atomic mass is 10.1. The molecule has 164 valence electrons. The zero-order valence-corrected chi connectivity index (χ0v) is 18.8. The monoisotopic (exact) mass is 402 g/mol. The third kappa shape index (κ3) is 14.2. The van der Waals surface area contributed by atoms with Crippen LogP contribution in [0.1, 0.15) is 96.0 Å². The minimum absolute atomic E-state index is 0.0651. The van der Waals surface area contributed by atoms with Crippen LogP contribution in [-0.2, 0) is 11.3 Å². The second kappa shape index (κ2) is 18.5. The first-order chi connectivity index (χ1) is 14.3. The molecule has 0 saturated heterocycles. The first kappa shape index (κ1) is 25.5. The molecular weight excluding hydrogens is 360 g/mol. The molecule has 1 aromatic carbocycles. The van der Waals surface area contributed by atoms with E-state index in [4.69, 9.17) is 9.47 Å². The van der Waals surface area contributed by atoms with Gasteiger partial charge in [-0.15, -0.1) is 11.8 Å². The van der Waals surface area contributed by atoms with Gasteiger partial charge in [0.1, 0.15) is 5.75 Å². The predicted molar refractivity (Wildman–Crippen MR) is 122 cm³/mol. The van der Waals surface area contributed by atoms with E-state index in [0.29, 0.717) is 6.61 Å². The normalized spacial score (nSPS) is 11.7. The minimum atomic E-state index is -0.0651. The highest BCUT2D eigenvalue weighted by Gasteiger charge is 2.08. The molecule has 1 atom stereocenters. The summed E-state index contributed by atoms with van der Waals surface area (Å²) in [6, 6.07) is 7.88. The summed E-state index contributed by atoms with van der Waals surface area (Å²) in [5, 5.41) is 9.53. The topological polar surface area (TPSA) is 38.7 Å². The molecule has 1 aromatic rings. The van der Waals surface area contributed by atoms with E-state index in [1.165, 1.54) is 57.8 Å². The molecule has 0 spiro atoms. The van der Waals surface area contributed by atoms with Crippen molar-refractivity contribution in [2.24, 2.45) is 0 Å². The van der Waals surface area contributed by atoms with Crippen molar-refractivity contribution in [3.63, 3.8) is 0 Å². The van der Waals surface area contributed by atoms with Gasteiger partial charge in [-0.3, -0.25) is 0 Å². The first-order valence-electron chi connectivity index (χ1n) is 11.6. The van der Waals surface area contributed by atoms with Crippen LogP contribution < -0.4 is 4.74 Å². The molecule has 29 heavy (non-hydrogen) atoms. The largest absolute Gasteiger partial charge is 0.497 e. The summed E-state index contributed by atoms with van der Waals surface area (Å²) in [5.41, 5.74) is 1.10. The Labute approximate surface area is 179 Å². The number of methoxy groups -OCH3 is 1. The molecule has 0 aliphatic carbocycles. The van der Waals surface area contributed by atoms with Gasteiger partial charge < -0.3 is 14.6 Å². The molecule has 0 aliphatic rings. The Kier molecular flexibility index (Phi) is 16.3. The molecule has 3 heteroatoms. The van der Waals surface area contributed by atoms with E-state index in [1.807, 2.05) is 24.3 Å². The van der Waals surface area contributed by atoms with E-state index in [1.54, 1.807) is 7.11 Å². The summed E-state index contributed by atoms with van der Waals surface area (Å²) in [4.78, 5) is 0. The van der Waals surface area contributed by atoms with Crippen molar-refractivity contribution >= 4 is 0 Å². The summed E-state index contributed by atoms with van der Waals surface area (Å²) < 4.78 is 11.0. The number of ether oxygens (including phenoxy) is 2. The number of hydrogen-bond donors (Lipinski definition) is 1. The van der Waals surface area contributed by atoms with E-state index >= 15 is 0 Å². The van der Waals surface area contributed by atoms with Crippen molar-refractivity contribution in [1.82, 2.24) is 0 Å². The molecule has 0 aliphatic heterocycles. The van der Waals surface area contributed by atoms with Gasteiger partial charge in [0.15, 0.2) is 0 Å². The Bertz CT molecular complexity index is 541. The fourth-order valence-corrected chi connectivity index (χ4v) is 3.27. The van der Waals surface area contributed by atoms with Gasteiger partial charge in [0.2, 0.25) is 0 Å². The van der Waals surface area contributed by atoms with Crippen molar-refractivity contribution in [2.75, 3.05) is 13.7 Å². The Hall–Kier alpha value is -1.50. The molecule has 0 bridgehead atoms. The van der Waals surface area contributed by atoms with Gasteiger partial charge in [-0.2, -0.15) is 0 Å². The Morgan fingerprint density at radius 2 is 1.41 bits per heavy atom. The predicted octanol–water partition coefficient (Wildman–Crippen LogP) is 6.67. The number of aliphatic hydroxyl groups is 1. The van der Waals surface area contributed by atoms with Crippen molar-refractivity contribution in [2.45, 2.75) is 103 Å². The maximum atomic E-state index is 9.53. The minimum Gasteiger partial charge on any atom is -0.497 e. The number of unbranched alkanes of at least 4 members (excludes halogenated alkanes) is 10. The molecular formula is C26H42O3. The van der Waals surface area contributed by atoms with Crippen LogP contribution in [0.4, 0.5) is 0 Å². The molecule has 1 rings (SSSR count). The standard InChI is InChI=1S/C26H42O3/c1-3-4-5-6-7-8-9-10-11-12-13-14-15-16-17-26(22-27)29-23-24-18-20-25(28-2)21-19-24/h18-21,26-27H,3-7,10-17,22-23H2,1-2H3/t26-/m0/s1. The maximum Gasteiger partial charge on any atom is 0.118 e. The first-order valence-corrected chi connectivity index (χ1v) is 11.6. The van der Waals surface area contributed by atoms with Crippen LogP contribution in [0.15, 0.2) is 24.3 Å². The fourth-order valence-electron chi connectivity index (χ4n) is 3.27. The van der Waals surface area contributed by atoms with Gasteiger partial charge >= 0.3 is 0 Å². The molecule has 0 amide bonds. The summed E-state index contributed by atoms with van der Waals surface area (Å²) in [6.07, 6.45) is 15.6. The average Bonchev–Trinajstić information content (AvgIpc) is 2.76. The van der Waals surface area contributed by atoms with Crippen LogP contribution in [-0.4, -0.2) is 24.9 Å². The number of benzene rings is 1. The van der Waals surface area contributed by atoms with Gasteiger partial charge in [0.25, 0.3) is 0 Å². The number of hydrogen-bond acceptors (Lipinski definition) is 3. The van der Waals surface area contributed by atoms with E-state index in [0.717, 1.165) is 37.0 Å². The molecule has 0 unspecified atom stereocenters. The van der Waals surface area contributed by atoms with Crippen LogP contribution in [0.3, 0.4) is 0 Å². The third-order valence-corrected chi connectivity index (χ3v) is 5.21. The Morgan fingerprint density at radius 3 is 2.00 bits per heavy atom. The van der Waals surface area contributed by atoms with Crippen LogP contribution >= 0.6 is 0 Å². The number of aliphatic hydroxyl groups excluding tert-OH is 1. The summed E-state index contributed by atoms with van der Waals surface area (Å²) in [6.45, 7) is 2.87. The summed E-state index contributed by atoms with van der Waals surface area (Å²) in [7, 11) is 1.66. The van der Waals surface area contributed by atoms with E-state index in [2.05, 4.69) is 18.8 Å². The zero-order chi connectivity index (χ0) is 21.0. The second-order valence-corrected chi connectivity index (χ2v) is 7.79. The summed E-state index contributed by atoms with van der Waals surface area (Å²) >= 11 is 0. The van der Waals surface area contributed by atoms with E-state index in [-0.39, 0.29) is 12.7 Å². The van der Waals surface area contributed by atoms with Crippen LogP contribution in [0.5, 0.6) is 5.75 Å². The van der Waals surface area contributed by atoms with Crippen molar-refractivity contribution in [1.29, 1.82) is 0 Å². The highest BCUT2D eigenvalue weighted by molar-refractivity contribution is 5.26. The van der Waals surface area contributed by atoms with Gasteiger partial charge in [-0.1, -0.05) is 70.4 Å². The van der Waals surface area contributed by atoms with Crippen molar-refractivity contribution < 1.29 is 14.6 Å². The quantitative estimate of drug-likeness (QED) is 0.234. The van der Waals surface area contributed by atoms with Gasteiger partial charge in [-0.25, -0.2) is 0 Å². The Balaban J connectivity index is 1.96. The van der Waals surface area contributed by atoms with Crippen molar-refractivity contribution in [3.05, 3.63) is 29.8 Å². The lowest BCUT2D eigenvalue weighted by Crippen LogP contribution is -2.17. The van der Waals surface area contributed by atoms with Crippen LogP contribution in [0, 0.1) is 11.8 Å². The van der Waals surface area contributed by atoms with Crippen molar-refractivity contribution in [3.8, 4) is 17.6 Å². The average molecular weight is 403 g/mol. The van der Waals surface area contributed by atoms with Crippen LogP contribution in [0.2, 0.25) is 0 Å². The van der Waals surface area contributed by atoms with Crippen LogP contribution in [0.25, 0.3) is 0 Å². The molecule has 3 nitrogen and oxygen atoms in total. The maximum absolute atomic E-state index is 9.53. The highest BCUT2D eigenvalue weighted by Crippen LogP contribution is 2.15. The lowest BCUT2D eigenvalue weighted by molar-refractivity contribution is -0.00349. The second-order valence-electron chi connectivity index (χ2n) is 7.79. The van der Waals surface area contributed by atoms with Gasteiger partial charge in [-0.05, 0) is 37.0 Å². The Morgan fingerprint density at radius 1 is 0.828 bits per heavy atom. The molecule has 0 radical (unpaired) electrons. The van der Waals surface area contributed by atoms with Gasteiger partial charge in [0, 0.05) is 12.8 Å². The van der Waals surface area contributed by atoms with E-state index in [9.17, 15) is 5.11 Å². The summed E-state index contributed by atoms with van der Waals surface area (Å²) in [5.74, 6) is 7.48. The SMILES string of the molecule is CCCCCCC#CCCCCCCCC[C@@H](CO)OCc1ccc(OC)cc1. The smallest absolute Gasteiger partial charge is 0.118 e. The lowest BCUT2D eigenvalue weighted by Gasteiger charge is -2.15. The molecule has 0 aromatic heterocycles. The molecule has 0 saturated carbocycles. The van der Waals surface area contributed by atoms with Gasteiger partial charge in [0.05, 0.1) is 26.4 Å². The third-order valence-electron chi connectivity index (χ3n) is 5.21. The molecule has 1 N–H and O–H groups in total. The fraction of sp³-hybridized carbons (Fsp3) is 0.692. The molecule has 0 fully saturated rings. The van der Waals surface area contributed by atoms with E-state index < -0.39 is 0 Å². The number of rotatable bonds is 17. The zero-order valence-electron chi connectivity index (χ0n) is 18.8. The molecule has 0 heterocycles. The highest BCUT2D eigenvalue weighted by atomic mass is 16.5.